The minimum atomic E-state index is -0.475. The minimum Gasteiger partial charge on any atom is -0.446 e. The smallest absolute Gasteiger partial charge is 0.410 e. The van der Waals surface area contributed by atoms with Crippen LogP contribution in [0.15, 0.2) is 11.6 Å². The van der Waals surface area contributed by atoms with Crippen LogP contribution < -0.4 is 0 Å². The highest BCUT2D eigenvalue weighted by Crippen LogP contribution is 2.59. The number of nitrogens with zero attached hydrogens (tertiary/aromatic N) is 1. The minimum absolute atomic E-state index is 0.118. The lowest BCUT2D eigenvalue weighted by molar-refractivity contribution is -0.0119. The molecular weight excluding hydrogens is 350 g/mol. The Bertz CT molecular complexity index is 565. The molecule has 1 saturated carbocycles. The van der Waals surface area contributed by atoms with Crippen LogP contribution in [0, 0.1) is 5.92 Å². The van der Waals surface area contributed by atoms with Crippen LogP contribution in [0.3, 0.4) is 0 Å². The van der Waals surface area contributed by atoms with Gasteiger partial charge < -0.3 is 29.3 Å². The number of aliphatic hydroxyl groups is 2. The molecule has 5 atom stereocenters. The van der Waals surface area contributed by atoms with Crippen LogP contribution >= 0.6 is 0 Å². The van der Waals surface area contributed by atoms with Crippen molar-refractivity contribution >= 4 is 6.09 Å². The second-order valence-electron chi connectivity index (χ2n) is 8.43. The van der Waals surface area contributed by atoms with E-state index in [1.807, 2.05) is 0 Å². The zero-order valence-corrected chi connectivity index (χ0v) is 16.6. The van der Waals surface area contributed by atoms with Gasteiger partial charge >= 0.3 is 6.09 Å². The Hall–Kier alpha value is -1.15. The molecule has 0 bridgehead atoms. The number of hydrogen-bond acceptors (Lipinski definition) is 6. The molecule has 27 heavy (non-hydrogen) atoms. The summed E-state index contributed by atoms with van der Waals surface area (Å²) in [5, 5.41) is 18.2. The third-order valence-electron chi connectivity index (χ3n) is 6.21. The lowest BCUT2D eigenvalue weighted by atomic mass is 9.70. The van der Waals surface area contributed by atoms with Crippen LogP contribution in [-0.4, -0.2) is 77.5 Å². The monoisotopic (exact) mass is 383 g/mol. The van der Waals surface area contributed by atoms with E-state index in [4.69, 9.17) is 24.4 Å². The molecule has 0 aromatic heterocycles. The third-order valence-corrected chi connectivity index (χ3v) is 6.21. The predicted molar refractivity (Wildman–Crippen MR) is 99.4 cm³/mol. The molecule has 0 radical (unpaired) electrons. The summed E-state index contributed by atoms with van der Waals surface area (Å²) in [6.07, 6.45) is 4.98. The van der Waals surface area contributed by atoms with Crippen LogP contribution in [0.4, 0.5) is 4.79 Å². The van der Waals surface area contributed by atoms with E-state index in [1.165, 1.54) is 10.5 Å². The molecule has 1 amide bonds. The average Bonchev–Trinajstić information content (AvgIpc) is 3.53. The molecule has 3 fully saturated rings. The lowest BCUT2D eigenvalue weighted by Gasteiger charge is -2.37. The Morgan fingerprint density at radius 3 is 2.52 bits per heavy atom. The van der Waals surface area contributed by atoms with E-state index >= 15 is 0 Å². The van der Waals surface area contributed by atoms with E-state index in [1.54, 1.807) is 0 Å². The molecular formula is C20H33NO6. The molecule has 1 spiro atoms. The van der Waals surface area contributed by atoms with Gasteiger partial charge in [-0.2, -0.15) is 0 Å². The van der Waals surface area contributed by atoms with Crippen molar-refractivity contribution in [2.75, 3.05) is 32.9 Å². The normalized spacial score (nSPS) is 37.0. The van der Waals surface area contributed by atoms with E-state index < -0.39 is 6.09 Å². The van der Waals surface area contributed by atoms with Gasteiger partial charge in [0.25, 0.3) is 0 Å². The van der Waals surface area contributed by atoms with E-state index in [0.717, 1.165) is 32.3 Å². The zero-order chi connectivity index (χ0) is 19.7. The van der Waals surface area contributed by atoms with Crippen molar-refractivity contribution in [1.82, 2.24) is 4.90 Å². The summed E-state index contributed by atoms with van der Waals surface area (Å²) in [6.45, 7) is 7.10. The number of epoxide rings is 2. The third kappa shape index (κ3) is 4.47. The Labute approximate surface area is 161 Å². The molecule has 7 nitrogen and oxygen atoms in total. The highest BCUT2D eigenvalue weighted by Gasteiger charge is 2.68. The first-order valence-electron chi connectivity index (χ1n) is 9.97. The van der Waals surface area contributed by atoms with Gasteiger partial charge in [0.2, 0.25) is 0 Å². The largest absolute Gasteiger partial charge is 0.446 e. The molecule has 2 heterocycles. The lowest BCUT2D eigenvalue weighted by Crippen LogP contribution is -2.46. The van der Waals surface area contributed by atoms with Crippen molar-refractivity contribution in [3.8, 4) is 0 Å². The van der Waals surface area contributed by atoms with E-state index in [9.17, 15) is 4.79 Å². The quantitative estimate of drug-likeness (QED) is 0.491. The number of ether oxygens (including phenoxy) is 3. The van der Waals surface area contributed by atoms with E-state index in [-0.39, 0.29) is 55.6 Å². The van der Waals surface area contributed by atoms with Gasteiger partial charge in [-0.1, -0.05) is 11.6 Å². The number of amides is 1. The van der Waals surface area contributed by atoms with Crippen molar-refractivity contribution in [3.05, 3.63) is 11.6 Å². The molecule has 2 aliphatic heterocycles. The summed E-state index contributed by atoms with van der Waals surface area (Å²) >= 11 is 0. The van der Waals surface area contributed by atoms with Gasteiger partial charge in [-0.05, 0) is 46.5 Å². The first-order chi connectivity index (χ1) is 12.8. The van der Waals surface area contributed by atoms with Crippen LogP contribution in [0.1, 0.15) is 46.5 Å². The molecule has 0 aromatic rings. The maximum atomic E-state index is 12.4. The Balaban J connectivity index is 1.61. The molecule has 154 valence electrons. The van der Waals surface area contributed by atoms with Gasteiger partial charge in [0.15, 0.2) is 0 Å². The van der Waals surface area contributed by atoms with Crippen molar-refractivity contribution < 1.29 is 29.2 Å². The first kappa shape index (κ1) is 20.6. The second-order valence-corrected chi connectivity index (χ2v) is 8.43. The maximum absolute atomic E-state index is 12.4. The first-order valence-corrected chi connectivity index (χ1v) is 9.97. The SMILES string of the molecule is CC(C)=CC[C@H]1O[C@]1(C)[C@H]1C[C@H](OC(=O)N(CCO)CCO)CC[C@]12CO2. The van der Waals surface area contributed by atoms with Crippen LogP contribution in [0.25, 0.3) is 0 Å². The highest BCUT2D eigenvalue weighted by molar-refractivity contribution is 5.67. The number of rotatable bonds is 8. The fraction of sp³-hybridized carbons (Fsp3) is 0.850. The summed E-state index contributed by atoms with van der Waals surface area (Å²) in [7, 11) is 0. The van der Waals surface area contributed by atoms with Gasteiger partial charge in [-0.3, -0.25) is 0 Å². The summed E-state index contributed by atoms with van der Waals surface area (Å²) in [4.78, 5) is 13.7. The Kier molecular flexibility index (Phi) is 6.15. The van der Waals surface area contributed by atoms with Crippen LogP contribution in [0.2, 0.25) is 0 Å². The molecule has 1 aliphatic carbocycles. The molecule has 0 aromatic carbocycles. The topological polar surface area (TPSA) is 95.1 Å². The van der Waals surface area contributed by atoms with Gasteiger partial charge in [-0.15, -0.1) is 0 Å². The molecule has 3 aliphatic rings. The molecule has 3 rings (SSSR count). The highest BCUT2D eigenvalue weighted by atomic mass is 16.6. The zero-order valence-electron chi connectivity index (χ0n) is 16.6. The van der Waals surface area contributed by atoms with E-state index in [2.05, 4.69) is 26.8 Å². The van der Waals surface area contributed by atoms with Crippen LogP contribution in [-0.2, 0) is 14.2 Å². The van der Waals surface area contributed by atoms with Gasteiger partial charge in [-0.25, -0.2) is 4.79 Å². The van der Waals surface area contributed by atoms with Crippen molar-refractivity contribution in [3.63, 3.8) is 0 Å². The van der Waals surface area contributed by atoms with Crippen LogP contribution in [0.5, 0.6) is 0 Å². The Morgan fingerprint density at radius 1 is 1.30 bits per heavy atom. The number of aliphatic hydroxyl groups excluding tert-OH is 2. The standard InChI is InChI=1S/C20H33NO6/c1-14(2)4-5-17-19(3,27-17)16-12-15(6-7-20(16)13-25-20)26-18(24)21(8-10-22)9-11-23/h4,15-17,22-23H,5-13H2,1-3H3/t15-,16-,17-,19-,20+/m1/s1. The molecule has 2 saturated heterocycles. The number of allylic oxidation sites excluding steroid dienone is 1. The van der Waals surface area contributed by atoms with Crippen molar-refractivity contribution in [2.45, 2.75) is 69.9 Å². The van der Waals surface area contributed by atoms with Crippen molar-refractivity contribution in [2.24, 2.45) is 5.92 Å². The maximum Gasteiger partial charge on any atom is 0.410 e. The van der Waals surface area contributed by atoms with Gasteiger partial charge in [0, 0.05) is 19.0 Å². The summed E-state index contributed by atoms with van der Waals surface area (Å²) in [5.41, 5.74) is 0.935. The van der Waals surface area contributed by atoms with E-state index in [0.29, 0.717) is 0 Å². The molecule has 7 heteroatoms. The second kappa shape index (κ2) is 8.07. The molecule has 2 N–H and O–H groups in total. The fourth-order valence-electron chi connectivity index (χ4n) is 4.43. The average molecular weight is 383 g/mol. The number of carbonyl (C=O) groups excluding carboxylic acids is 1. The predicted octanol–water partition coefficient (Wildman–Crippen LogP) is 1.86. The number of carbonyl (C=O) groups is 1. The van der Waals surface area contributed by atoms with Gasteiger partial charge in [0.05, 0.1) is 37.1 Å². The molecule has 0 unspecified atom stereocenters. The Morgan fingerprint density at radius 2 is 1.96 bits per heavy atom. The fourth-order valence-corrected chi connectivity index (χ4v) is 4.43. The summed E-state index contributed by atoms with van der Waals surface area (Å²) in [5.74, 6) is 0.205. The number of hydrogen-bond donors (Lipinski definition) is 2. The van der Waals surface area contributed by atoms with Gasteiger partial charge in [0.1, 0.15) is 6.10 Å². The summed E-state index contributed by atoms with van der Waals surface area (Å²) < 4.78 is 17.7. The summed E-state index contributed by atoms with van der Waals surface area (Å²) in [6, 6.07) is 0. The van der Waals surface area contributed by atoms with Crippen molar-refractivity contribution in [1.29, 1.82) is 0 Å².